The van der Waals surface area contributed by atoms with Crippen molar-refractivity contribution in [2.75, 3.05) is 14.2 Å². The van der Waals surface area contributed by atoms with Gasteiger partial charge in [-0.05, 0) is 78.3 Å². The second-order valence-electron chi connectivity index (χ2n) is 10.7. The summed E-state index contributed by atoms with van der Waals surface area (Å²) in [6.07, 6.45) is 2.75. The van der Waals surface area contributed by atoms with E-state index < -0.39 is 20.7 Å². The number of sulfonamides is 1. The Kier molecular flexibility index (Phi) is 8.84. The van der Waals surface area contributed by atoms with Crippen molar-refractivity contribution in [1.29, 1.82) is 0 Å². The Labute approximate surface area is 250 Å². The minimum absolute atomic E-state index is 0.00216. The molecule has 0 spiro atoms. The topological polar surface area (TPSA) is 111 Å². The number of nitrogens with zero attached hydrogens (tertiary/aromatic N) is 3. The summed E-state index contributed by atoms with van der Waals surface area (Å²) < 4.78 is 56.4. The van der Waals surface area contributed by atoms with E-state index in [0.717, 1.165) is 18.9 Å². The zero-order valence-corrected chi connectivity index (χ0v) is 25.1. The molecule has 0 aliphatic heterocycles. The van der Waals surface area contributed by atoms with Gasteiger partial charge < -0.3 is 14.6 Å². The summed E-state index contributed by atoms with van der Waals surface area (Å²) >= 11 is 0. The minimum atomic E-state index is -4.29. The van der Waals surface area contributed by atoms with Crippen molar-refractivity contribution in [2.45, 2.75) is 50.6 Å². The highest BCUT2D eigenvalue weighted by Gasteiger charge is 2.30. The largest absolute Gasteiger partial charge is 0.497 e. The number of halogens is 1. The van der Waals surface area contributed by atoms with Crippen LogP contribution in [-0.4, -0.2) is 47.7 Å². The van der Waals surface area contributed by atoms with Gasteiger partial charge in [-0.2, -0.15) is 4.31 Å². The maximum Gasteiger partial charge on any atom is 0.246 e. The standard InChI is InChI=1S/C32H34FN3O6S/c1-21(37)36-30(18-22-4-5-22)28(32(38)34-36)16-25-10-15-31(29(33)17-25)43(39,40)35(19-23-6-11-26(41-2)12-7-23)20-24-8-13-27(42-3)14-9-24/h6-15,17,22H,4-5,16,18-20H2,1-3H3,(H,34,38). The average Bonchev–Trinajstić information content (AvgIpc) is 3.76. The number of methoxy groups -OCH3 is 2. The predicted octanol–water partition coefficient (Wildman–Crippen LogP) is 5.34. The van der Waals surface area contributed by atoms with E-state index in [1.165, 1.54) is 28.0 Å². The minimum Gasteiger partial charge on any atom is -0.497 e. The van der Waals surface area contributed by atoms with Gasteiger partial charge in [0, 0.05) is 32.0 Å². The number of carbonyl (C=O) groups excluding carboxylic acids is 1. The Hall–Kier alpha value is -4.22. The van der Waals surface area contributed by atoms with Crippen molar-refractivity contribution < 1.29 is 32.2 Å². The first-order chi connectivity index (χ1) is 20.6. The molecule has 0 unspecified atom stereocenters. The molecule has 1 aliphatic carbocycles. The van der Waals surface area contributed by atoms with Crippen molar-refractivity contribution in [2.24, 2.45) is 5.92 Å². The van der Waals surface area contributed by atoms with Crippen LogP contribution in [0.3, 0.4) is 0 Å². The van der Waals surface area contributed by atoms with Gasteiger partial charge in [0.2, 0.25) is 21.8 Å². The molecule has 1 saturated carbocycles. The quantitative estimate of drug-likeness (QED) is 0.232. The number of aromatic nitrogens is 2. The van der Waals surface area contributed by atoms with Gasteiger partial charge in [-0.25, -0.2) is 17.5 Å². The number of rotatable bonds is 12. The van der Waals surface area contributed by atoms with Crippen LogP contribution in [0, 0.1) is 11.7 Å². The molecule has 43 heavy (non-hydrogen) atoms. The predicted molar refractivity (Wildman–Crippen MR) is 158 cm³/mol. The molecule has 1 aliphatic rings. The second-order valence-corrected chi connectivity index (χ2v) is 12.6. The SMILES string of the molecule is COc1ccc(CN(Cc2ccc(OC)cc2)S(=O)(=O)c2ccc(Cc3c(O)nn(C(C)=O)c3CC3CC3)cc2F)cc1. The van der Waals surface area contributed by atoms with Gasteiger partial charge in [-0.15, -0.1) is 5.10 Å². The van der Waals surface area contributed by atoms with Crippen LogP contribution in [0.2, 0.25) is 0 Å². The third kappa shape index (κ3) is 6.89. The molecular weight excluding hydrogens is 573 g/mol. The third-order valence-electron chi connectivity index (χ3n) is 7.58. The lowest BCUT2D eigenvalue weighted by atomic mass is 10.0. The van der Waals surface area contributed by atoms with E-state index in [9.17, 15) is 18.3 Å². The first kappa shape index (κ1) is 30.2. The molecule has 11 heteroatoms. The molecule has 1 heterocycles. The zero-order chi connectivity index (χ0) is 30.7. The van der Waals surface area contributed by atoms with Crippen LogP contribution >= 0.6 is 0 Å². The zero-order valence-electron chi connectivity index (χ0n) is 24.3. The van der Waals surface area contributed by atoms with Gasteiger partial charge in [-0.1, -0.05) is 30.3 Å². The number of aromatic hydroxyl groups is 1. The molecule has 226 valence electrons. The van der Waals surface area contributed by atoms with Crippen molar-refractivity contribution in [3.8, 4) is 17.4 Å². The molecule has 0 amide bonds. The van der Waals surface area contributed by atoms with Gasteiger partial charge in [0.15, 0.2) is 0 Å². The lowest BCUT2D eigenvalue weighted by Gasteiger charge is -2.23. The van der Waals surface area contributed by atoms with E-state index >= 15 is 4.39 Å². The van der Waals surface area contributed by atoms with E-state index in [2.05, 4.69) is 5.10 Å². The van der Waals surface area contributed by atoms with E-state index in [-0.39, 0.29) is 31.3 Å². The Balaban J connectivity index is 1.45. The highest BCUT2D eigenvalue weighted by molar-refractivity contribution is 7.89. The van der Waals surface area contributed by atoms with E-state index in [1.807, 2.05) is 0 Å². The molecule has 9 nitrogen and oxygen atoms in total. The Morgan fingerprint density at radius 3 is 1.95 bits per heavy atom. The van der Waals surface area contributed by atoms with E-state index in [4.69, 9.17) is 9.47 Å². The molecule has 5 rings (SSSR count). The summed E-state index contributed by atoms with van der Waals surface area (Å²) in [6, 6.07) is 18.0. The fraction of sp³-hybridized carbons (Fsp3) is 0.312. The Morgan fingerprint density at radius 2 is 1.49 bits per heavy atom. The van der Waals surface area contributed by atoms with Crippen LogP contribution < -0.4 is 9.47 Å². The van der Waals surface area contributed by atoms with Crippen molar-refractivity contribution in [3.63, 3.8) is 0 Å². The average molecular weight is 608 g/mol. The molecule has 0 radical (unpaired) electrons. The van der Waals surface area contributed by atoms with Crippen molar-refractivity contribution in [1.82, 2.24) is 14.1 Å². The number of hydrogen-bond donors (Lipinski definition) is 1. The van der Waals surface area contributed by atoms with Gasteiger partial charge in [0.1, 0.15) is 22.2 Å². The fourth-order valence-electron chi connectivity index (χ4n) is 5.02. The summed E-state index contributed by atoms with van der Waals surface area (Å²) in [6.45, 7) is 1.37. The first-order valence-electron chi connectivity index (χ1n) is 13.9. The number of hydrogen-bond acceptors (Lipinski definition) is 7. The Bertz CT molecular complexity index is 1670. The molecule has 3 aromatic carbocycles. The van der Waals surface area contributed by atoms with Crippen LogP contribution in [0.4, 0.5) is 4.39 Å². The highest BCUT2D eigenvalue weighted by Crippen LogP contribution is 2.36. The molecule has 1 fully saturated rings. The molecule has 1 aromatic heterocycles. The molecule has 1 N–H and O–H groups in total. The lowest BCUT2D eigenvalue weighted by molar-refractivity contribution is 0.0915. The number of carbonyl (C=O) groups is 1. The van der Waals surface area contributed by atoms with Gasteiger partial charge in [-0.3, -0.25) is 4.79 Å². The summed E-state index contributed by atoms with van der Waals surface area (Å²) in [4.78, 5) is 11.7. The van der Waals surface area contributed by atoms with Gasteiger partial charge in [0.05, 0.1) is 19.9 Å². The lowest BCUT2D eigenvalue weighted by Crippen LogP contribution is -2.31. The fourth-order valence-corrected chi connectivity index (χ4v) is 6.48. The number of benzene rings is 3. The van der Waals surface area contributed by atoms with Gasteiger partial charge in [0.25, 0.3) is 0 Å². The Morgan fingerprint density at radius 1 is 0.953 bits per heavy atom. The molecular formula is C32H34FN3O6S. The van der Waals surface area contributed by atoms with Crippen LogP contribution in [0.1, 0.15) is 52.5 Å². The molecule has 0 bridgehead atoms. The second kappa shape index (κ2) is 12.6. The van der Waals surface area contributed by atoms with Crippen molar-refractivity contribution in [3.05, 3.63) is 100 Å². The molecule has 0 saturated heterocycles. The van der Waals surface area contributed by atoms with Crippen LogP contribution in [0.15, 0.2) is 71.6 Å². The maximum absolute atomic E-state index is 15.7. The van der Waals surface area contributed by atoms with Gasteiger partial charge >= 0.3 is 0 Å². The molecule has 4 aromatic rings. The summed E-state index contributed by atoms with van der Waals surface area (Å²) in [5.41, 5.74) is 2.91. The summed E-state index contributed by atoms with van der Waals surface area (Å²) in [5.74, 6) is 0.172. The highest BCUT2D eigenvalue weighted by atomic mass is 32.2. The van der Waals surface area contributed by atoms with Crippen molar-refractivity contribution >= 4 is 15.9 Å². The van der Waals surface area contributed by atoms with E-state index in [0.29, 0.717) is 51.8 Å². The van der Waals surface area contributed by atoms with Crippen LogP contribution in [-0.2, 0) is 36.0 Å². The maximum atomic E-state index is 15.7. The van der Waals surface area contributed by atoms with E-state index in [1.54, 1.807) is 62.8 Å². The summed E-state index contributed by atoms with van der Waals surface area (Å²) in [5, 5.41) is 14.5. The molecule has 0 atom stereocenters. The van der Waals surface area contributed by atoms with Crippen LogP contribution in [0.5, 0.6) is 17.4 Å². The summed E-state index contributed by atoms with van der Waals surface area (Å²) in [7, 11) is -1.20. The normalized spacial score (nSPS) is 13.3. The number of ether oxygens (including phenoxy) is 2. The smallest absolute Gasteiger partial charge is 0.246 e. The monoisotopic (exact) mass is 607 g/mol. The van der Waals surface area contributed by atoms with Crippen LogP contribution in [0.25, 0.3) is 0 Å². The third-order valence-corrected chi connectivity index (χ3v) is 9.40. The first-order valence-corrected chi connectivity index (χ1v) is 15.4.